The first-order valence-corrected chi connectivity index (χ1v) is 5.78. The number of ketones is 2. The number of fused-ring (bicyclic) bond motifs is 1. The predicted molar refractivity (Wildman–Crippen MR) is 73.3 cm³/mol. The normalized spacial score (nSPS) is 10.3. The van der Waals surface area contributed by atoms with E-state index in [1.807, 2.05) is 42.5 Å². The summed E-state index contributed by atoms with van der Waals surface area (Å²) in [5, 5.41) is 2.18. The Kier molecular flexibility index (Phi) is 3.38. The van der Waals surface area contributed by atoms with E-state index in [1.165, 1.54) is 6.92 Å². The zero-order valence-corrected chi connectivity index (χ0v) is 10.3. The summed E-state index contributed by atoms with van der Waals surface area (Å²) >= 11 is 0. The molecule has 0 saturated heterocycles. The molecule has 0 N–H and O–H groups in total. The maximum atomic E-state index is 11.8. The van der Waals surface area contributed by atoms with Crippen molar-refractivity contribution in [3.63, 3.8) is 0 Å². The van der Waals surface area contributed by atoms with Crippen LogP contribution < -0.4 is 0 Å². The molecule has 2 aromatic rings. The molecule has 90 valence electrons. The van der Waals surface area contributed by atoms with Crippen LogP contribution in [0.4, 0.5) is 0 Å². The number of carbonyl (C=O) groups is 2. The lowest BCUT2D eigenvalue weighted by molar-refractivity contribution is -0.122. The van der Waals surface area contributed by atoms with Crippen LogP contribution in [0.1, 0.15) is 18.9 Å². The molecule has 0 unspecified atom stereocenters. The highest BCUT2D eigenvalue weighted by molar-refractivity contribution is 6.25. The summed E-state index contributed by atoms with van der Waals surface area (Å²) in [6.45, 7) is 5.19. The van der Waals surface area contributed by atoms with Gasteiger partial charge in [0.05, 0.1) is 6.42 Å². The van der Waals surface area contributed by atoms with Gasteiger partial charge in [-0.15, -0.1) is 0 Å². The first-order chi connectivity index (χ1) is 8.58. The molecule has 0 fully saturated rings. The molecule has 0 radical (unpaired) electrons. The third-order valence-corrected chi connectivity index (χ3v) is 2.84. The highest BCUT2D eigenvalue weighted by Crippen LogP contribution is 2.21. The average Bonchev–Trinajstić information content (AvgIpc) is 2.36. The van der Waals surface area contributed by atoms with E-state index in [4.69, 9.17) is 0 Å². The second-order valence-electron chi connectivity index (χ2n) is 4.34. The summed E-state index contributed by atoms with van der Waals surface area (Å²) < 4.78 is 0. The van der Waals surface area contributed by atoms with Gasteiger partial charge in [-0.3, -0.25) is 9.59 Å². The number of rotatable bonds is 4. The summed E-state index contributed by atoms with van der Waals surface area (Å²) in [5.41, 5.74) is 1.18. The van der Waals surface area contributed by atoms with Crippen LogP contribution in [0, 0.1) is 0 Å². The topological polar surface area (TPSA) is 34.1 Å². The zero-order valence-electron chi connectivity index (χ0n) is 10.3. The van der Waals surface area contributed by atoms with Crippen molar-refractivity contribution in [3.05, 3.63) is 54.6 Å². The zero-order chi connectivity index (χ0) is 13.1. The molecule has 0 aromatic heterocycles. The van der Waals surface area contributed by atoms with Crippen LogP contribution in [-0.4, -0.2) is 11.6 Å². The van der Waals surface area contributed by atoms with Crippen LogP contribution in [0.3, 0.4) is 0 Å². The molecule has 2 nitrogen and oxygen atoms in total. The van der Waals surface area contributed by atoms with Crippen LogP contribution in [0.15, 0.2) is 49.0 Å². The summed E-state index contributed by atoms with van der Waals surface area (Å²) in [6.07, 6.45) is -0.0777. The lowest BCUT2D eigenvalue weighted by atomic mass is 9.98. The third kappa shape index (κ3) is 2.54. The molecule has 0 bridgehead atoms. The minimum absolute atomic E-state index is 0.0777. The molecule has 2 heteroatoms. The van der Waals surface area contributed by atoms with Crippen molar-refractivity contribution in [2.45, 2.75) is 13.3 Å². The highest BCUT2D eigenvalue weighted by Gasteiger charge is 2.11. The molecule has 0 spiro atoms. The first kappa shape index (κ1) is 12.2. The minimum atomic E-state index is -0.210. The largest absolute Gasteiger partial charge is 0.300 e. The number of hydrogen-bond acceptors (Lipinski definition) is 2. The SMILES string of the molecule is C=C(C(=O)CC(C)=O)c1ccc2ccccc2c1. The van der Waals surface area contributed by atoms with E-state index >= 15 is 0 Å². The van der Waals surface area contributed by atoms with Crippen molar-refractivity contribution >= 4 is 27.9 Å². The Bertz CT molecular complexity index is 638. The molecule has 18 heavy (non-hydrogen) atoms. The number of benzene rings is 2. The Morgan fingerprint density at radius 3 is 2.39 bits per heavy atom. The van der Waals surface area contributed by atoms with Crippen molar-refractivity contribution in [3.8, 4) is 0 Å². The fourth-order valence-electron chi connectivity index (χ4n) is 1.87. The predicted octanol–water partition coefficient (Wildman–Crippen LogP) is 3.40. The maximum Gasteiger partial charge on any atom is 0.170 e. The quantitative estimate of drug-likeness (QED) is 0.604. The molecular formula is C16H14O2. The Balaban J connectivity index is 2.33. The summed E-state index contributed by atoms with van der Waals surface area (Å²) in [4.78, 5) is 22.7. The second-order valence-corrected chi connectivity index (χ2v) is 4.34. The van der Waals surface area contributed by atoms with Gasteiger partial charge in [0, 0.05) is 5.57 Å². The van der Waals surface area contributed by atoms with E-state index in [2.05, 4.69) is 6.58 Å². The molecule has 0 aliphatic carbocycles. The minimum Gasteiger partial charge on any atom is -0.300 e. The third-order valence-electron chi connectivity index (χ3n) is 2.84. The van der Waals surface area contributed by atoms with Gasteiger partial charge in [0.1, 0.15) is 5.78 Å². The lowest BCUT2D eigenvalue weighted by Crippen LogP contribution is -2.05. The van der Waals surface area contributed by atoms with Crippen molar-refractivity contribution in [2.24, 2.45) is 0 Å². The molecule has 0 saturated carbocycles. The van der Waals surface area contributed by atoms with Gasteiger partial charge >= 0.3 is 0 Å². The van der Waals surface area contributed by atoms with Gasteiger partial charge < -0.3 is 0 Å². The van der Waals surface area contributed by atoms with Crippen molar-refractivity contribution < 1.29 is 9.59 Å². The van der Waals surface area contributed by atoms with Crippen LogP contribution in [0.25, 0.3) is 16.3 Å². The number of allylic oxidation sites excluding steroid dienone is 1. The molecule has 0 heterocycles. The molecule has 0 amide bonds. The van der Waals surface area contributed by atoms with Crippen LogP contribution in [0.5, 0.6) is 0 Å². The summed E-state index contributed by atoms with van der Waals surface area (Å²) in [7, 11) is 0. The molecule has 0 aliphatic heterocycles. The molecule has 0 atom stereocenters. The van der Waals surface area contributed by atoms with Crippen molar-refractivity contribution in [2.75, 3.05) is 0 Å². The van der Waals surface area contributed by atoms with E-state index < -0.39 is 0 Å². The molecule has 2 aromatic carbocycles. The van der Waals surface area contributed by atoms with E-state index in [9.17, 15) is 9.59 Å². The monoisotopic (exact) mass is 238 g/mol. The van der Waals surface area contributed by atoms with Gasteiger partial charge in [-0.2, -0.15) is 0 Å². The Morgan fingerprint density at radius 2 is 1.72 bits per heavy atom. The van der Waals surface area contributed by atoms with Crippen LogP contribution in [0.2, 0.25) is 0 Å². The van der Waals surface area contributed by atoms with E-state index in [1.54, 1.807) is 0 Å². The van der Waals surface area contributed by atoms with Gasteiger partial charge in [0.2, 0.25) is 0 Å². The van der Waals surface area contributed by atoms with E-state index in [-0.39, 0.29) is 18.0 Å². The van der Waals surface area contributed by atoms with Crippen molar-refractivity contribution in [1.29, 1.82) is 0 Å². The molecular weight excluding hydrogens is 224 g/mol. The fraction of sp³-hybridized carbons (Fsp3) is 0.125. The smallest absolute Gasteiger partial charge is 0.170 e. The van der Waals surface area contributed by atoms with E-state index in [0.717, 1.165) is 16.3 Å². The molecule has 2 rings (SSSR count). The Morgan fingerprint density at radius 1 is 1.06 bits per heavy atom. The van der Waals surface area contributed by atoms with Gasteiger partial charge in [0.25, 0.3) is 0 Å². The number of hydrogen-bond donors (Lipinski definition) is 0. The van der Waals surface area contributed by atoms with Crippen LogP contribution in [-0.2, 0) is 9.59 Å². The number of Topliss-reactive ketones (excluding diaryl/α,β-unsaturated/α-hetero) is 2. The Labute approximate surface area is 106 Å². The summed E-state index contributed by atoms with van der Waals surface area (Å²) in [5.74, 6) is -0.347. The van der Waals surface area contributed by atoms with Crippen LogP contribution >= 0.6 is 0 Å². The highest BCUT2D eigenvalue weighted by atomic mass is 16.1. The molecule has 0 aliphatic rings. The van der Waals surface area contributed by atoms with Crippen molar-refractivity contribution in [1.82, 2.24) is 0 Å². The van der Waals surface area contributed by atoms with Gasteiger partial charge in [-0.25, -0.2) is 0 Å². The van der Waals surface area contributed by atoms with Gasteiger partial charge in [-0.1, -0.05) is 43.0 Å². The second kappa shape index (κ2) is 4.96. The summed E-state index contributed by atoms with van der Waals surface area (Å²) in [6, 6.07) is 13.7. The Hall–Kier alpha value is -2.22. The number of carbonyl (C=O) groups excluding carboxylic acids is 2. The lowest BCUT2D eigenvalue weighted by Gasteiger charge is -2.05. The average molecular weight is 238 g/mol. The van der Waals surface area contributed by atoms with Gasteiger partial charge in [-0.05, 0) is 29.3 Å². The first-order valence-electron chi connectivity index (χ1n) is 5.78. The van der Waals surface area contributed by atoms with E-state index in [0.29, 0.717) is 5.57 Å². The maximum absolute atomic E-state index is 11.8. The van der Waals surface area contributed by atoms with Gasteiger partial charge in [0.15, 0.2) is 5.78 Å². The standard InChI is InChI=1S/C16H14O2/c1-11(17)9-16(18)12(2)14-8-7-13-5-3-4-6-15(13)10-14/h3-8,10H,2,9H2,1H3. The fourth-order valence-corrected chi connectivity index (χ4v) is 1.87.